The van der Waals surface area contributed by atoms with Crippen LogP contribution in [-0.4, -0.2) is 34.5 Å². The Morgan fingerprint density at radius 3 is 2.14 bits per heavy atom. The molecule has 4 nitrogen and oxygen atoms in total. The number of alkyl halides is 2. The van der Waals surface area contributed by atoms with Crippen molar-refractivity contribution < 1.29 is 40.3 Å². The van der Waals surface area contributed by atoms with Crippen LogP contribution >= 0.6 is 0 Å². The van der Waals surface area contributed by atoms with Crippen molar-refractivity contribution in [1.82, 2.24) is 0 Å². The van der Waals surface area contributed by atoms with Gasteiger partial charge in [0.15, 0.2) is 17.5 Å². The van der Waals surface area contributed by atoms with E-state index in [2.05, 4.69) is 13.6 Å². The highest BCUT2D eigenvalue weighted by molar-refractivity contribution is 6.69. The van der Waals surface area contributed by atoms with Gasteiger partial charge in [-0.05, 0) is 18.2 Å². The maximum Gasteiger partial charge on any atom is 0.469 e. The summed E-state index contributed by atoms with van der Waals surface area (Å²) in [5.74, 6) is -7.30. The minimum Gasteiger partial charge on any atom is -0.397 e. The van der Waals surface area contributed by atoms with Crippen LogP contribution in [0, 0.1) is 17.5 Å². The Labute approximate surface area is 124 Å². The van der Waals surface area contributed by atoms with Gasteiger partial charge >= 0.3 is 20.3 Å². The summed E-state index contributed by atoms with van der Waals surface area (Å²) < 4.78 is 80.6. The second-order valence-corrected chi connectivity index (χ2v) is 7.76. The predicted molar refractivity (Wildman–Crippen MR) is 66.9 cm³/mol. The predicted octanol–water partition coefficient (Wildman–Crippen LogP) is 3.15. The Balaban J connectivity index is 3.13. The lowest BCUT2D eigenvalue weighted by Crippen LogP contribution is -2.58. The van der Waals surface area contributed by atoms with E-state index in [1.54, 1.807) is 0 Å². The van der Waals surface area contributed by atoms with E-state index in [1.807, 2.05) is 0 Å². The van der Waals surface area contributed by atoms with E-state index in [-0.39, 0.29) is 6.04 Å². The smallest absolute Gasteiger partial charge is 0.397 e. The summed E-state index contributed by atoms with van der Waals surface area (Å²) in [6.45, 7) is 1.33. The molecule has 1 aromatic carbocycles. The van der Waals surface area contributed by atoms with E-state index in [0.717, 1.165) is 14.2 Å². The fourth-order valence-electron chi connectivity index (χ4n) is 1.75. The standard InChI is InChI=1S/C12H13F5O4Si/c1-4-22(19-2,20-3)12(16,17)21-11(18)7-5-6-8(13)10(15)9(7)14/h5-6H,4H2,1-3H3. The molecule has 0 aliphatic heterocycles. The molecule has 0 heterocycles. The van der Waals surface area contributed by atoms with Gasteiger partial charge in [-0.2, -0.15) is 8.78 Å². The quantitative estimate of drug-likeness (QED) is 0.344. The van der Waals surface area contributed by atoms with Gasteiger partial charge in [-0.1, -0.05) is 6.92 Å². The lowest BCUT2D eigenvalue weighted by molar-refractivity contribution is -0.166. The number of halogens is 5. The number of ether oxygens (including phenoxy) is 1. The molecule has 1 rings (SSSR count). The molecule has 0 spiro atoms. The molecule has 0 radical (unpaired) electrons. The molecule has 0 aliphatic rings. The van der Waals surface area contributed by atoms with Gasteiger partial charge in [0.05, 0.1) is 5.56 Å². The van der Waals surface area contributed by atoms with E-state index in [0.29, 0.717) is 12.1 Å². The Bertz CT molecular complexity index is 554. The molecule has 124 valence electrons. The van der Waals surface area contributed by atoms with E-state index < -0.39 is 43.3 Å². The molecule has 22 heavy (non-hydrogen) atoms. The van der Waals surface area contributed by atoms with Crippen LogP contribution in [0.1, 0.15) is 17.3 Å². The molecular formula is C12H13F5O4Si. The first-order valence-corrected chi connectivity index (χ1v) is 8.03. The highest BCUT2D eigenvalue weighted by Gasteiger charge is 2.63. The third-order valence-corrected chi connectivity index (χ3v) is 6.28. The van der Waals surface area contributed by atoms with Crippen LogP contribution in [0.3, 0.4) is 0 Å². The van der Waals surface area contributed by atoms with Crippen LogP contribution in [0.15, 0.2) is 12.1 Å². The summed E-state index contributed by atoms with van der Waals surface area (Å²) in [7, 11) is -2.33. The number of carbonyl (C=O) groups is 1. The second kappa shape index (κ2) is 6.71. The third-order valence-electron chi connectivity index (χ3n) is 3.04. The highest BCUT2D eigenvalue weighted by atomic mass is 28.4. The van der Waals surface area contributed by atoms with Gasteiger partial charge in [-0.15, -0.1) is 0 Å². The molecule has 0 bridgehead atoms. The second-order valence-electron chi connectivity index (χ2n) is 4.14. The summed E-state index contributed by atoms with van der Waals surface area (Å²) in [6, 6.07) is 0.645. The summed E-state index contributed by atoms with van der Waals surface area (Å²) in [4.78, 5) is 11.6. The highest BCUT2D eigenvalue weighted by Crippen LogP contribution is 2.34. The molecule has 0 unspecified atom stereocenters. The van der Waals surface area contributed by atoms with Crippen molar-refractivity contribution in [3.8, 4) is 0 Å². The summed E-state index contributed by atoms with van der Waals surface area (Å²) in [6.07, 6.45) is 0. The van der Waals surface area contributed by atoms with Crippen molar-refractivity contribution in [2.75, 3.05) is 14.2 Å². The first-order valence-electron chi connectivity index (χ1n) is 6.00. The first-order chi connectivity index (χ1) is 10.2. The maximum absolute atomic E-state index is 14.1. The van der Waals surface area contributed by atoms with E-state index in [4.69, 9.17) is 0 Å². The first kappa shape index (κ1) is 18.5. The average Bonchev–Trinajstić information content (AvgIpc) is 2.46. The SMILES string of the molecule is CC[Si](OC)(OC)C(F)(F)OC(=O)c1ccc(F)c(F)c1F. The lowest BCUT2D eigenvalue weighted by Gasteiger charge is -2.32. The zero-order valence-electron chi connectivity index (χ0n) is 11.9. The molecule has 0 aliphatic carbocycles. The van der Waals surface area contributed by atoms with Gasteiger partial charge < -0.3 is 13.6 Å². The van der Waals surface area contributed by atoms with Crippen molar-refractivity contribution in [3.63, 3.8) is 0 Å². The molecule has 10 heteroatoms. The maximum atomic E-state index is 14.1. The minimum atomic E-state index is -4.25. The Morgan fingerprint density at radius 1 is 1.14 bits per heavy atom. The molecule has 0 fully saturated rings. The third kappa shape index (κ3) is 3.13. The summed E-state index contributed by atoms with van der Waals surface area (Å²) in [5, 5.41) is 0. The lowest BCUT2D eigenvalue weighted by atomic mass is 10.2. The van der Waals surface area contributed by atoms with Crippen molar-refractivity contribution in [2.24, 2.45) is 0 Å². The van der Waals surface area contributed by atoms with E-state index in [1.165, 1.54) is 6.92 Å². The van der Waals surface area contributed by atoms with Crippen molar-refractivity contribution >= 4 is 14.5 Å². The van der Waals surface area contributed by atoms with E-state index >= 15 is 0 Å². The topological polar surface area (TPSA) is 44.8 Å². The number of esters is 1. The number of hydrogen-bond donors (Lipinski definition) is 0. The molecule has 0 N–H and O–H groups in total. The molecule has 0 amide bonds. The van der Waals surface area contributed by atoms with E-state index in [9.17, 15) is 26.7 Å². The largest absolute Gasteiger partial charge is 0.469 e. The zero-order valence-corrected chi connectivity index (χ0v) is 12.9. The van der Waals surface area contributed by atoms with Crippen molar-refractivity contribution in [1.29, 1.82) is 0 Å². The van der Waals surface area contributed by atoms with Gasteiger partial charge in [0.2, 0.25) is 0 Å². The number of rotatable bonds is 6. The van der Waals surface area contributed by atoms with Crippen LogP contribution < -0.4 is 0 Å². The van der Waals surface area contributed by atoms with Gasteiger partial charge in [0, 0.05) is 14.2 Å². The Morgan fingerprint density at radius 2 is 1.68 bits per heavy atom. The monoisotopic (exact) mass is 344 g/mol. The molecule has 0 saturated carbocycles. The van der Waals surface area contributed by atoms with Gasteiger partial charge in [0.1, 0.15) is 0 Å². The van der Waals surface area contributed by atoms with Crippen LogP contribution in [0.4, 0.5) is 22.0 Å². The number of benzene rings is 1. The molecule has 0 saturated heterocycles. The molecular weight excluding hydrogens is 331 g/mol. The van der Waals surface area contributed by atoms with Gasteiger partial charge in [-0.3, -0.25) is 0 Å². The van der Waals surface area contributed by atoms with Crippen LogP contribution in [0.25, 0.3) is 0 Å². The fraction of sp³-hybridized carbons (Fsp3) is 0.417. The normalized spacial score (nSPS) is 12.4. The van der Waals surface area contributed by atoms with Gasteiger partial charge in [0.25, 0.3) is 0 Å². The minimum absolute atomic E-state index is 0.277. The zero-order chi connectivity index (χ0) is 17.1. The van der Waals surface area contributed by atoms with Gasteiger partial charge in [-0.25, -0.2) is 18.0 Å². The molecule has 0 atom stereocenters. The van der Waals surface area contributed by atoms with Crippen LogP contribution in [0.5, 0.6) is 0 Å². The fourth-order valence-corrected chi connectivity index (χ4v) is 3.63. The van der Waals surface area contributed by atoms with Crippen LogP contribution in [0.2, 0.25) is 6.04 Å². The van der Waals surface area contributed by atoms with Crippen molar-refractivity contribution in [2.45, 2.75) is 18.7 Å². The average molecular weight is 344 g/mol. The Kier molecular flexibility index (Phi) is 5.65. The molecule has 1 aromatic rings. The number of carbonyl (C=O) groups excluding carboxylic acids is 1. The molecule has 0 aromatic heterocycles. The number of hydrogen-bond acceptors (Lipinski definition) is 4. The Hall–Kier alpha value is -1.52. The summed E-state index contributed by atoms with van der Waals surface area (Å²) >= 11 is 0. The summed E-state index contributed by atoms with van der Waals surface area (Å²) in [5.41, 5.74) is -5.33. The van der Waals surface area contributed by atoms with Crippen molar-refractivity contribution in [3.05, 3.63) is 35.1 Å². The van der Waals surface area contributed by atoms with Crippen LogP contribution in [-0.2, 0) is 13.6 Å².